The molecule has 1 aliphatic heterocycles. The topological polar surface area (TPSA) is 115 Å². The van der Waals surface area contributed by atoms with E-state index in [2.05, 4.69) is 5.32 Å². The van der Waals surface area contributed by atoms with E-state index in [0.29, 0.717) is 11.4 Å². The summed E-state index contributed by atoms with van der Waals surface area (Å²) in [5, 5.41) is 13.5. The fourth-order valence-corrected chi connectivity index (χ4v) is 2.44. The van der Waals surface area contributed by atoms with Gasteiger partial charge in [-0.05, 0) is 12.1 Å². The molecule has 9 heteroatoms. The Hall–Kier alpha value is -3.49. The van der Waals surface area contributed by atoms with Gasteiger partial charge in [0.15, 0.2) is 0 Å². The minimum atomic E-state index is -0.649. The summed E-state index contributed by atoms with van der Waals surface area (Å²) in [5.74, 6) is -0.867. The zero-order valence-electron chi connectivity index (χ0n) is 12.3. The van der Waals surface area contributed by atoms with Gasteiger partial charge >= 0.3 is 0 Å². The molecule has 9 nitrogen and oxygen atoms in total. The van der Waals surface area contributed by atoms with E-state index in [1.165, 1.54) is 4.90 Å². The summed E-state index contributed by atoms with van der Waals surface area (Å²) in [4.78, 5) is 47.5. The van der Waals surface area contributed by atoms with E-state index in [1.54, 1.807) is 24.3 Å². The first-order valence-electron chi connectivity index (χ1n) is 7.00. The standard InChI is InChI=1S/C15H12N4O5/c20-13-8-18(12-4-2-1-3-11(12)16-13)15(22)9-17-7-10(19(23)24)5-6-14(17)21/h1-7H,8-9H2,(H,16,20). The average molecular weight is 328 g/mol. The summed E-state index contributed by atoms with van der Waals surface area (Å²) < 4.78 is 0.954. The van der Waals surface area contributed by atoms with Crippen molar-refractivity contribution in [2.75, 3.05) is 16.8 Å². The molecule has 2 heterocycles. The zero-order chi connectivity index (χ0) is 17.3. The average Bonchev–Trinajstić information content (AvgIpc) is 2.55. The van der Waals surface area contributed by atoms with Crippen molar-refractivity contribution < 1.29 is 14.5 Å². The number of nitro groups is 1. The van der Waals surface area contributed by atoms with Crippen LogP contribution in [-0.4, -0.2) is 27.8 Å². The van der Waals surface area contributed by atoms with Crippen LogP contribution in [0.25, 0.3) is 0 Å². The first-order valence-corrected chi connectivity index (χ1v) is 7.00. The van der Waals surface area contributed by atoms with E-state index < -0.39 is 22.9 Å². The third kappa shape index (κ3) is 2.86. The Morgan fingerprint density at radius 1 is 1.21 bits per heavy atom. The fraction of sp³-hybridized carbons (Fsp3) is 0.133. The molecule has 122 valence electrons. The van der Waals surface area contributed by atoms with E-state index in [1.807, 2.05) is 0 Å². The highest BCUT2D eigenvalue weighted by Crippen LogP contribution is 2.28. The molecule has 1 aromatic carbocycles. The molecule has 3 rings (SSSR count). The van der Waals surface area contributed by atoms with Crippen molar-refractivity contribution in [3.05, 3.63) is 63.1 Å². The molecule has 1 N–H and O–H groups in total. The summed E-state index contributed by atoms with van der Waals surface area (Å²) in [6.45, 7) is -0.582. The number of anilines is 2. The third-order valence-corrected chi connectivity index (χ3v) is 3.56. The van der Waals surface area contributed by atoms with Gasteiger partial charge in [-0.25, -0.2) is 0 Å². The third-order valence-electron chi connectivity index (χ3n) is 3.56. The molecule has 1 aromatic heterocycles. The minimum Gasteiger partial charge on any atom is -0.323 e. The van der Waals surface area contributed by atoms with Crippen molar-refractivity contribution in [3.63, 3.8) is 0 Å². The van der Waals surface area contributed by atoms with Crippen molar-refractivity contribution in [1.82, 2.24) is 4.57 Å². The molecule has 0 fully saturated rings. The lowest BCUT2D eigenvalue weighted by molar-refractivity contribution is -0.385. The molecule has 0 radical (unpaired) electrons. The van der Waals surface area contributed by atoms with Crippen LogP contribution < -0.4 is 15.8 Å². The second-order valence-electron chi connectivity index (χ2n) is 5.16. The van der Waals surface area contributed by atoms with E-state index in [0.717, 1.165) is 22.9 Å². The number of nitrogens with zero attached hydrogens (tertiary/aromatic N) is 3. The number of carbonyl (C=O) groups is 2. The Morgan fingerprint density at radius 2 is 1.96 bits per heavy atom. The lowest BCUT2D eigenvalue weighted by atomic mass is 10.2. The van der Waals surface area contributed by atoms with Gasteiger partial charge in [0.05, 0.1) is 22.5 Å². The summed E-state index contributed by atoms with van der Waals surface area (Å²) >= 11 is 0. The molecule has 24 heavy (non-hydrogen) atoms. The number of hydrogen-bond acceptors (Lipinski definition) is 5. The van der Waals surface area contributed by atoms with Crippen LogP contribution in [0.2, 0.25) is 0 Å². The van der Waals surface area contributed by atoms with E-state index in [9.17, 15) is 24.5 Å². The van der Waals surface area contributed by atoms with Gasteiger partial charge in [0, 0.05) is 12.1 Å². The van der Waals surface area contributed by atoms with Gasteiger partial charge in [0.25, 0.3) is 11.2 Å². The molecule has 0 aliphatic carbocycles. The maximum absolute atomic E-state index is 12.5. The van der Waals surface area contributed by atoms with Gasteiger partial charge in [-0.1, -0.05) is 12.1 Å². The molecule has 0 spiro atoms. The predicted molar refractivity (Wildman–Crippen MR) is 84.8 cm³/mol. The number of pyridine rings is 1. The van der Waals surface area contributed by atoms with Gasteiger partial charge in [0.1, 0.15) is 13.1 Å². The molecular formula is C15H12N4O5. The smallest absolute Gasteiger partial charge is 0.285 e. The SMILES string of the molecule is O=C1CN(C(=O)Cn2cc([N+](=O)[O-])ccc2=O)c2ccccc2N1. The second-order valence-corrected chi connectivity index (χ2v) is 5.16. The second kappa shape index (κ2) is 5.95. The highest BCUT2D eigenvalue weighted by Gasteiger charge is 2.27. The van der Waals surface area contributed by atoms with Gasteiger partial charge in [-0.2, -0.15) is 0 Å². The van der Waals surface area contributed by atoms with E-state index in [4.69, 9.17) is 0 Å². The van der Waals surface area contributed by atoms with Gasteiger partial charge < -0.3 is 5.32 Å². The predicted octanol–water partition coefficient (Wildman–Crippen LogP) is 0.742. The first-order chi connectivity index (χ1) is 11.5. The normalized spacial score (nSPS) is 13.2. The lowest BCUT2D eigenvalue weighted by Gasteiger charge is -2.29. The van der Waals surface area contributed by atoms with E-state index >= 15 is 0 Å². The van der Waals surface area contributed by atoms with Gasteiger partial charge in [-0.15, -0.1) is 0 Å². The lowest BCUT2D eigenvalue weighted by Crippen LogP contribution is -2.44. The molecule has 0 bridgehead atoms. The van der Waals surface area contributed by atoms with Crippen LogP contribution in [0.4, 0.5) is 17.1 Å². The number of amides is 2. The highest BCUT2D eigenvalue weighted by atomic mass is 16.6. The number of benzene rings is 1. The number of rotatable bonds is 3. The molecular weight excluding hydrogens is 316 g/mol. The summed E-state index contributed by atoms with van der Waals surface area (Å²) in [6.07, 6.45) is 1.01. The number of aromatic nitrogens is 1. The molecule has 0 saturated carbocycles. The highest BCUT2D eigenvalue weighted by molar-refractivity contribution is 6.09. The van der Waals surface area contributed by atoms with Crippen LogP contribution in [0.5, 0.6) is 0 Å². The van der Waals surface area contributed by atoms with Crippen molar-refractivity contribution >= 4 is 28.9 Å². The number of hydrogen-bond donors (Lipinski definition) is 1. The monoisotopic (exact) mass is 328 g/mol. The van der Waals surface area contributed by atoms with Crippen molar-refractivity contribution in [3.8, 4) is 0 Å². The van der Waals surface area contributed by atoms with Gasteiger partial charge in [0.2, 0.25) is 11.8 Å². The van der Waals surface area contributed by atoms with Crippen LogP contribution in [0.1, 0.15) is 0 Å². The van der Waals surface area contributed by atoms with Crippen molar-refractivity contribution in [2.24, 2.45) is 0 Å². The first kappa shape index (κ1) is 15.4. The minimum absolute atomic E-state index is 0.181. The Morgan fingerprint density at radius 3 is 2.71 bits per heavy atom. The Bertz CT molecular complexity index is 905. The Labute approximate surface area is 135 Å². The zero-order valence-corrected chi connectivity index (χ0v) is 12.3. The van der Waals surface area contributed by atoms with Crippen LogP contribution in [-0.2, 0) is 16.1 Å². The van der Waals surface area contributed by atoms with Crippen LogP contribution in [0, 0.1) is 10.1 Å². The molecule has 2 aromatic rings. The maximum atomic E-state index is 12.5. The fourth-order valence-electron chi connectivity index (χ4n) is 2.44. The Balaban J connectivity index is 1.91. The van der Waals surface area contributed by atoms with Crippen LogP contribution >= 0.6 is 0 Å². The van der Waals surface area contributed by atoms with Crippen molar-refractivity contribution in [1.29, 1.82) is 0 Å². The summed E-state index contributed by atoms with van der Waals surface area (Å²) in [5.41, 5.74) is 0.178. The summed E-state index contributed by atoms with van der Waals surface area (Å²) in [6, 6.07) is 8.87. The Kier molecular flexibility index (Phi) is 3.82. The number of fused-ring (bicyclic) bond motifs is 1. The molecule has 1 aliphatic rings. The molecule has 0 unspecified atom stereocenters. The quantitative estimate of drug-likeness (QED) is 0.659. The molecule has 0 atom stereocenters. The molecule has 0 saturated heterocycles. The van der Waals surface area contributed by atoms with E-state index in [-0.39, 0.29) is 18.1 Å². The number of para-hydroxylation sites is 2. The van der Waals surface area contributed by atoms with Gasteiger partial charge in [-0.3, -0.25) is 34.0 Å². The van der Waals surface area contributed by atoms with Crippen LogP contribution in [0.15, 0.2) is 47.4 Å². The number of nitrogens with one attached hydrogen (secondary N) is 1. The van der Waals surface area contributed by atoms with Crippen molar-refractivity contribution in [2.45, 2.75) is 6.54 Å². The number of carbonyl (C=O) groups excluding carboxylic acids is 2. The summed E-state index contributed by atoms with van der Waals surface area (Å²) in [7, 11) is 0. The molecule has 2 amide bonds. The maximum Gasteiger partial charge on any atom is 0.285 e. The van der Waals surface area contributed by atoms with Crippen LogP contribution in [0.3, 0.4) is 0 Å². The largest absolute Gasteiger partial charge is 0.323 e.